The topological polar surface area (TPSA) is 57.6 Å². The first-order valence-corrected chi connectivity index (χ1v) is 7.59. The second-order valence-corrected chi connectivity index (χ2v) is 6.25. The van der Waals surface area contributed by atoms with Crippen LogP contribution in [0.1, 0.15) is 51.9 Å². The van der Waals surface area contributed by atoms with Crippen LogP contribution in [0, 0.1) is 17.8 Å². The van der Waals surface area contributed by atoms with Crippen molar-refractivity contribution in [1.29, 1.82) is 0 Å². The van der Waals surface area contributed by atoms with Gasteiger partial charge in [-0.05, 0) is 18.8 Å². The van der Waals surface area contributed by atoms with E-state index in [4.69, 9.17) is 5.11 Å². The molecule has 108 valence electrons. The van der Waals surface area contributed by atoms with Gasteiger partial charge < -0.3 is 10.0 Å². The molecule has 1 heterocycles. The smallest absolute Gasteiger partial charge is 0.308 e. The lowest BCUT2D eigenvalue weighted by atomic mass is 9.83. The van der Waals surface area contributed by atoms with Gasteiger partial charge in [0.05, 0.1) is 5.92 Å². The Kier molecular flexibility index (Phi) is 4.83. The maximum absolute atomic E-state index is 12.3. The van der Waals surface area contributed by atoms with Gasteiger partial charge in [-0.15, -0.1) is 0 Å². The zero-order chi connectivity index (χ0) is 13.8. The fourth-order valence-electron chi connectivity index (χ4n) is 3.50. The lowest BCUT2D eigenvalue weighted by Gasteiger charge is -2.26. The highest BCUT2D eigenvalue weighted by atomic mass is 16.4. The molecule has 0 spiro atoms. The molecule has 0 aromatic carbocycles. The Labute approximate surface area is 115 Å². The molecule has 1 aliphatic heterocycles. The predicted octanol–water partition coefficient (Wildman–Crippen LogP) is 2.53. The second-order valence-electron chi connectivity index (χ2n) is 6.25. The third-order valence-corrected chi connectivity index (χ3v) is 4.68. The van der Waals surface area contributed by atoms with Gasteiger partial charge >= 0.3 is 5.97 Å². The van der Waals surface area contributed by atoms with Crippen LogP contribution in [-0.4, -0.2) is 35.0 Å². The molecule has 1 saturated carbocycles. The highest BCUT2D eigenvalue weighted by Gasteiger charge is 2.33. The van der Waals surface area contributed by atoms with E-state index >= 15 is 0 Å². The number of carbonyl (C=O) groups excluding carboxylic acids is 1. The van der Waals surface area contributed by atoms with E-state index in [1.807, 2.05) is 6.92 Å². The van der Waals surface area contributed by atoms with E-state index in [0.29, 0.717) is 25.4 Å². The van der Waals surface area contributed by atoms with Crippen molar-refractivity contribution in [3.63, 3.8) is 0 Å². The maximum atomic E-state index is 12.3. The molecule has 2 aliphatic rings. The molecule has 2 rings (SSSR count). The van der Waals surface area contributed by atoms with Gasteiger partial charge in [0.15, 0.2) is 0 Å². The van der Waals surface area contributed by atoms with Gasteiger partial charge in [0.25, 0.3) is 0 Å². The number of aliphatic carboxylic acids is 1. The standard InChI is InChI=1S/C15H25NO3/c1-11(9-12-5-3-2-4-6-12)14(17)16-8-7-13(10-16)15(18)19/h11-13H,2-10H2,1H3,(H,18,19). The van der Waals surface area contributed by atoms with Crippen LogP contribution in [0.15, 0.2) is 0 Å². The number of hydrogen-bond donors (Lipinski definition) is 1. The average molecular weight is 267 g/mol. The van der Waals surface area contributed by atoms with E-state index in [9.17, 15) is 9.59 Å². The number of nitrogens with zero attached hydrogens (tertiary/aromatic N) is 1. The summed E-state index contributed by atoms with van der Waals surface area (Å²) in [4.78, 5) is 25.0. The average Bonchev–Trinajstić information content (AvgIpc) is 2.88. The molecule has 0 bridgehead atoms. The zero-order valence-corrected chi connectivity index (χ0v) is 11.8. The number of hydrogen-bond acceptors (Lipinski definition) is 2. The Morgan fingerprint density at radius 1 is 1.21 bits per heavy atom. The molecule has 0 radical (unpaired) electrons. The monoisotopic (exact) mass is 267 g/mol. The third kappa shape index (κ3) is 3.71. The van der Waals surface area contributed by atoms with Crippen molar-refractivity contribution in [2.75, 3.05) is 13.1 Å². The largest absolute Gasteiger partial charge is 0.481 e. The van der Waals surface area contributed by atoms with Gasteiger partial charge in [0, 0.05) is 19.0 Å². The van der Waals surface area contributed by atoms with Crippen LogP contribution < -0.4 is 0 Å². The highest BCUT2D eigenvalue weighted by molar-refractivity contribution is 5.80. The SMILES string of the molecule is CC(CC1CCCCC1)C(=O)N1CCC(C(=O)O)C1. The van der Waals surface area contributed by atoms with Crippen LogP contribution in [0.3, 0.4) is 0 Å². The molecule has 1 N–H and O–H groups in total. The van der Waals surface area contributed by atoms with Crippen molar-refractivity contribution >= 4 is 11.9 Å². The first kappa shape index (κ1) is 14.4. The Balaban J connectivity index is 1.80. The fraction of sp³-hybridized carbons (Fsp3) is 0.867. The van der Waals surface area contributed by atoms with Gasteiger partial charge in [0.1, 0.15) is 0 Å². The summed E-state index contributed by atoms with van der Waals surface area (Å²) < 4.78 is 0. The summed E-state index contributed by atoms with van der Waals surface area (Å²) in [5, 5.41) is 8.97. The molecule has 0 aromatic heterocycles. The summed E-state index contributed by atoms with van der Waals surface area (Å²) in [5.41, 5.74) is 0. The first-order chi connectivity index (χ1) is 9.08. The molecule has 0 aromatic rings. The lowest BCUT2D eigenvalue weighted by molar-refractivity contribution is -0.141. The van der Waals surface area contributed by atoms with Crippen LogP contribution >= 0.6 is 0 Å². The minimum atomic E-state index is -0.768. The molecule has 1 saturated heterocycles. The Morgan fingerprint density at radius 3 is 2.47 bits per heavy atom. The van der Waals surface area contributed by atoms with Crippen molar-refractivity contribution in [3.8, 4) is 0 Å². The minimum absolute atomic E-state index is 0.0515. The van der Waals surface area contributed by atoms with Crippen LogP contribution in [0.25, 0.3) is 0 Å². The molecular weight excluding hydrogens is 242 g/mol. The molecule has 4 nitrogen and oxygen atoms in total. The van der Waals surface area contributed by atoms with E-state index in [-0.39, 0.29) is 17.7 Å². The summed E-state index contributed by atoms with van der Waals surface area (Å²) >= 11 is 0. The van der Waals surface area contributed by atoms with Crippen molar-refractivity contribution in [2.45, 2.75) is 51.9 Å². The zero-order valence-electron chi connectivity index (χ0n) is 11.8. The molecule has 2 unspecified atom stereocenters. The van der Waals surface area contributed by atoms with Crippen molar-refractivity contribution in [1.82, 2.24) is 4.90 Å². The lowest BCUT2D eigenvalue weighted by Crippen LogP contribution is -2.35. The molecular formula is C15H25NO3. The van der Waals surface area contributed by atoms with E-state index < -0.39 is 5.97 Å². The molecule has 4 heteroatoms. The van der Waals surface area contributed by atoms with Crippen LogP contribution in [-0.2, 0) is 9.59 Å². The summed E-state index contributed by atoms with van der Waals surface area (Å²) in [6.45, 7) is 3.03. The second kappa shape index (κ2) is 6.40. The number of carboxylic acids is 1. The normalized spacial score (nSPS) is 26.4. The first-order valence-electron chi connectivity index (χ1n) is 7.59. The van der Waals surface area contributed by atoms with Crippen molar-refractivity contribution in [3.05, 3.63) is 0 Å². The van der Waals surface area contributed by atoms with Crippen LogP contribution in [0.2, 0.25) is 0 Å². The van der Waals surface area contributed by atoms with Crippen molar-refractivity contribution < 1.29 is 14.7 Å². The van der Waals surface area contributed by atoms with E-state index in [1.54, 1.807) is 4.90 Å². The molecule has 2 atom stereocenters. The van der Waals surface area contributed by atoms with Gasteiger partial charge in [-0.3, -0.25) is 9.59 Å². The predicted molar refractivity (Wildman–Crippen MR) is 72.7 cm³/mol. The Bertz CT molecular complexity index is 336. The van der Waals surface area contributed by atoms with Crippen LogP contribution in [0.4, 0.5) is 0 Å². The number of carbonyl (C=O) groups is 2. The van der Waals surface area contributed by atoms with Crippen LogP contribution in [0.5, 0.6) is 0 Å². The third-order valence-electron chi connectivity index (χ3n) is 4.68. The summed E-state index contributed by atoms with van der Waals surface area (Å²) in [5.74, 6) is -0.211. The van der Waals surface area contributed by atoms with E-state index in [1.165, 1.54) is 32.1 Å². The minimum Gasteiger partial charge on any atom is -0.481 e. The summed E-state index contributed by atoms with van der Waals surface area (Å²) in [6.07, 6.45) is 8.05. The fourth-order valence-corrected chi connectivity index (χ4v) is 3.50. The van der Waals surface area contributed by atoms with E-state index in [0.717, 1.165) is 6.42 Å². The molecule has 1 amide bonds. The van der Waals surface area contributed by atoms with Gasteiger partial charge in [0.2, 0.25) is 5.91 Å². The highest BCUT2D eigenvalue weighted by Crippen LogP contribution is 2.30. The van der Waals surface area contributed by atoms with Crippen molar-refractivity contribution in [2.24, 2.45) is 17.8 Å². The van der Waals surface area contributed by atoms with Gasteiger partial charge in [-0.1, -0.05) is 39.0 Å². The maximum Gasteiger partial charge on any atom is 0.308 e. The van der Waals surface area contributed by atoms with Gasteiger partial charge in [-0.2, -0.15) is 0 Å². The quantitative estimate of drug-likeness (QED) is 0.851. The molecule has 1 aliphatic carbocycles. The summed E-state index contributed by atoms with van der Waals surface area (Å²) in [6, 6.07) is 0. The number of likely N-dealkylation sites (tertiary alicyclic amines) is 1. The summed E-state index contributed by atoms with van der Waals surface area (Å²) in [7, 11) is 0. The molecule has 2 fully saturated rings. The Morgan fingerprint density at radius 2 is 1.89 bits per heavy atom. The van der Waals surface area contributed by atoms with Gasteiger partial charge in [-0.25, -0.2) is 0 Å². The number of carboxylic acid groups (broad SMARTS) is 1. The van der Waals surface area contributed by atoms with E-state index in [2.05, 4.69) is 0 Å². The Hall–Kier alpha value is -1.06. The number of amides is 1. The number of rotatable bonds is 4. The molecule has 19 heavy (non-hydrogen) atoms.